The van der Waals surface area contributed by atoms with Crippen LogP contribution in [0, 0.1) is 13.8 Å². The predicted octanol–water partition coefficient (Wildman–Crippen LogP) is 4.44. The fraction of sp³-hybridized carbons (Fsp3) is 0.208. The number of hydrogen-bond acceptors (Lipinski definition) is 2. The van der Waals surface area contributed by atoms with Crippen molar-refractivity contribution in [2.24, 2.45) is 0 Å². The van der Waals surface area contributed by atoms with E-state index < -0.39 is 0 Å². The van der Waals surface area contributed by atoms with Crippen LogP contribution in [-0.4, -0.2) is 17.6 Å². The molecule has 0 fully saturated rings. The Morgan fingerprint density at radius 1 is 0.963 bits per heavy atom. The van der Waals surface area contributed by atoms with Crippen molar-refractivity contribution in [3.05, 3.63) is 94.5 Å². The van der Waals surface area contributed by atoms with Gasteiger partial charge in [0.15, 0.2) is 0 Å². The third kappa shape index (κ3) is 4.26. The number of benzene rings is 3. The Bertz CT molecular complexity index is 918. The molecule has 0 spiro atoms. The van der Waals surface area contributed by atoms with Gasteiger partial charge in [0.1, 0.15) is 0 Å². The highest BCUT2D eigenvalue weighted by Crippen LogP contribution is 2.32. The number of aliphatic hydroxyl groups excluding tert-OH is 1. The monoisotopic (exact) mass is 359 g/mol. The SMILES string of the molecule is Cc1cc(CCO)c(C(=O)NCc2ccccc2)c(-c2ccccc2)c1C. The van der Waals surface area contributed by atoms with Crippen LogP contribution in [0.5, 0.6) is 0 Å². The van der Waals surface area contributed by atoms with Crippen LogP contribution in [0.15, 0.2) is 66.7 Å². The van der Waals surface area contributed by atoms with Gasteiger partial charge >= 0.3 is 0 Å². The molecule has 0 heterocycles. The normalized spacial score (nSPS) is 10.6. The van der Waals surface area contributed by atoms with Crippen LogP contribution in [0.3, 0.4) is 0 Å². The van der Waals surface area contributed by atoms with Gasteiger partial charge in [0.05, 0.1) is 5.56 Å². The van der Waals surface area contributed by atoms with Crippen LogP contribution in [0.25, 0.3) is 11.1 Å². The van der Waals surface area contributed by atoms with Crippen LogP contribution in [0.4, 0.5) is 0 Å². The van der Waals surface area contributed by atoms with E-state index in [4.69, 9.17) is 0 Å². The summed E-state index contributed by atoms with van der Waals surface area (Å²) in [7, 11) is 0. The maximum atomic E-state index is 13.2. The minimum atomic E-state index is -0.107. The Kier molecular flexibility index (Phi) is 6.05. The third-order valence-electron chi connectivity index (χ3n) is 4.89. The molecule has 0 bridgehead atoms. The van der Waals surface area contributed by atoms with Gasteiger partial charge in [-0.1, -0.05) is 66.7 Å². The molecule has 0 aromatic heterocycles. The number of amides is 1. The summed E-state index contributed by atoms with van der Waals surface area (Å²) in [5, 5.41) is 12.6. The highest BCUT2D eigenvalue weighted by molar-refractivity contribution is 6.03. The van der Waals surface area contributed by atoms with Gasteiger partial charge < -0.3 is 10.4 Å². The maximum absolute atomic E-state index is 13.2. The molecule has 0 aliphatic rings. The zero-order chi connectivity index (χ0) is 19.2. The second kappa shape index (κ2) is 8.65. The lowest BCUT2D eigenvalue weighted by Crippen LogP contribution is -2.25. The molecule has 138 valence electrons. The van der Waals surface area contributed by atoms with E-state index in [1.54, 1.807) is 0 Å². The zero-order valence-corrected chi connectivity index (χ0v) is 15.8. The first-order valence-electron chi connectivity index (χ1n) is 9.23. The number of hydrogen-bond donors (Lipinski definition) is 2. The third-order valence-corrected chi connectivity index (χ3v) is 4.89. The van der Waals surface area contributed by atoms with E-state index in [9.17, 15) is 9.90 Å². The summed E-state index contributed by atoms with van der Waals surface area (Å²) in [5.74, 6) is -0.107. The lowest BCUT2D eigenvalue weighted by atomic mass is 9.87. The van der Waals surface area contributed by atoms with E-state index >= 15 is 0 Å². The van der Waals surface area contributed by atoms with Crippen molar-refractivity contribution in [3.8, 4) is 11.1 Å². The first-order valence-corrected chi connectivity index (χ1v) is 9.23. The molecule has 0 radical (unpaired) electrons. The van der Waals surface area contributed by atoms with E-state index in [2.05, 4.69) is 5.32 Å². The second-order valence-corrected chi connectivity index (χ2v) is 6.74. The number of nitrogens with one attached hydrogen (secondary N) is 1. The van der Waals surface area contributed by atoms with E-state index in [1.807, 2.05) is 80.6 Å². The molecule has 0 atom stereocenters. The highest BCUT2D eigenvalue weighted by atomic mass is 16.3. The summed E-state index contributed by atoms with van der Waals surface area (Å²) >= 11 is 0. The number of aliphatic hydroxyl groups is 1. The van der Waals surface area contributed by atoms with Crippen molar-refractivity contribution >= 4 is 5.91 Å². The second-order valence-electron chi connectivity index (χ2n) is 6.74. The summed E-state index contributed by atoms with van der Waals surface area (Å²) in [5.41, 5.74) is 6.77. The first-order chi connectivity index (χ1) is 13.1. The molecule has 3 aromatic rings. The molecule has 0 aliphatic carbocycles. The zero-order valence-electron chi connectivity index (χ0n) is 15.8. The minimum absolute atomic E-state index is 0.00962. The Hall–Kier alpha value is -2.91. The molecule has 3 nitrogen and oxygen atoms in total. The summed E-state index contributed by atoms with van der Waals surface area (Å²) in [6.45, 7) is 4.58. The van der Waals surface area contributed by atoms with Crippen molar-refractivity contribution < 1.29 is 9.90 Å². The number of aryl methyl sites for hydroxylation is 1. The molecular formula is C24H25NO2. The Morgan fingerprint density at radius 2 is 1.59 bits per heavy atom. The Labute approximate surface area is 160 Å². The van der Waals surface area contributed by atoms with Crippen molar-refractivity contribution in [1.29, 1.82) is 0 Å². The van der Waals surface area contributed by atoms with Gasteiger partial charge in [-0.3, -0.25) is 4.79 Å². The van der Waals surface area contributed by atoms with E-state index in [-0.39, 0.29) is 12.5 Å². The van der Waals surface area contributed by atoms with Gasteiger partial charge in [0, 0.05) is 13.2 Å². The smallest absolute Gasteiger partial charge is 0.252 e. The van der Waals surface area contributed by atoms with E-state index in [1.165, 1.54) is 0 Å². The average Bonchev–Trinajstić information content (AvgIpc) is 2.70. The van der Waals surface area contributed by atoms with Crippen molar-refractivity contribution in [1.82, 2.24) is 5.32 Å². The van der Waals surface area contributed by atoms with Crippen LogP contribution in [0.1, 0.15) is 32.6 Å². The van der Waals surface area contributed by atoms with Crippen LogP contribution >= 0.6 is 0 Å². The molecule has 0 saturated heterocycles. The molecule has 0 saturated carbocycles. The van der Waals surface area contributed by atoms with E-state index in [0.717, 1.165) is 33.4 Å². The molecule has 0 aliphatic heterocycles. The Balaban J connectivity index is 2.05. The largest absolute Gasteiger partial charge is 0.396 e. The average molecular weight is 359 g/mol. The van der Waals surface area contributed by atoms with Crippen molar-refractivity contribution in [2.75, 3.05) is 6.61 Å². The topological polar surface area (TPSA) is 49.3 Å². The molecule has 0 unspecified atom stereocenters. The standard InChI is InChI=1S/C24H25NO2/c1-17-15-21(13-14-26)23(22(18(17)2)20-11-7-4-8-12-20)24(27)25-16-19-9-5-3-6-10-19/h3-12,15,26H,13-14,16H2,1-2H3,(H,25,27). The van der Waals surface area contributed by atoms with Crippen molar-refractivity contribution in [2.45, 2.75) is 26.8 Å². The van der Waals surface area contributed by atoms with Crippen LogP contribution in [0.2, 0.25) is 0 Å². The van der Waals surface area contributed by atoms with Crippen LogP contribution in [-0.2, 0) is 13.0 Å². The van der Waals surface area contributed by atoms with E-state index in [0.29, 0.717) is 18.5 Å². The van der Waals surface area contributed by atoms with Gasteiger partial charge in [-0.05, 0) is 53.6 Å². The van der Waals surface area contributed by atoms with Gasteiger partial charge in [-0.25, -0.2) is 0 Å². The maximum Gasteiger partial charge on any atom is 0.252 e. The quantitative estimate of drug-likeness (QED) is 0.684. The Morgan fingerprint density at radius 3 is 2.22 bits per heavy atom. The highest BCUT2D eigenvalue weighted by Gasteiger charge is 2.20. The molecule has 1 amide bonds. The number of carbonyl (C=O) groups is 1. The number of carbonyl (C=O) groups excluding carboxylic acids is 1. The molecule has 2 N–H and O–H groups in total. The molecule has 27 heavy (non-hydrogen) atoms. The summed E-state index contributed by atoms with van der Waals surface area (Å²) in [6, 6.07) is 21.9. The predicted molar refractivity (Wildman–Crippen MR) is 110 cm³/mol. The molecule has 3 aromatic carbocycles. The minimum Gasteiger partial charge on any atom is -0.396 e. The summed E-state index contributed by atoms with van der Waals surface area (Å²) < 4.78 is 0. The van der Waals surface area contributed by atoms with Gasteiger partial charge in [0.2, 0.25) is 0 Å². The molecule has 3 rings (SSSR count). The van der Waals surface area contributed by atoms with Gasteiger partial charge in [0.25, 0.3) is 5.91 Å². The summed E-state index contributed by atoms with van der Waals surface area (Å²) in [6.07, 6.45) is 0.453. The fourth-order valence-corrected chi connectivity index (χ4v) is 3.40. The fourth-order valence-electron chi connectivity index (χ4n) is 3.40. The first kappa shape index (κ1) is 18.9. The van der Waals surface area contributed by atoms with Crippen LogP contribution < -0.4 is 5.32 Å². The molecule has 3 heteroatoms. The lowest BCUT2D eigenvalue weighted by molar-refractivity contribution is 0.0950. The van der Waals surface area contributed by atoms with Gasteiger partial charge in [-0.2, -0.15) is 0 Å². The van der Waals surface area contributed by atoms with Gasteiger partial charge in [-0.15, -0.1) is 0 Å². The summed E-state index contributed by atoms with van der Waals surface area (Å²) in [4.78, 5) is 13.2. The van der Waals surface area contributed by atoms with Crippen molar-refractivity contribution in [3.63, 3.8) is 0 Å². The number of rotatable bonds is 6. The molecular weight excluding hydrogens is 334 g/mol. The lowest BCUT2D eigenvalue weighted by Gasteiger charge is -2.19.